The Morgan fingerprint density at radius 1 is 0.952 bits per heavy atom. The summed E-state index contributed by atoms with van der Waals surface area (Å²) in [7, 11) is 0. The summed E-state index contributed by atoms with van der Waals surface area (Å²) in [6, 6.07) is 13.4. The van der Waals surface area contributed by atoms with Gasteiger partial charge in [-0.3, -0.25) is 0 Å². The van der Waals surface area contributed by atoms with Crippen molar-refractivity contribution in [1.29, 1.82) is 0 Å². The van der Waals surface area contributed by atoms with E-state index in [2.05, 4.69) is 10.2 Å². The molecule has 0 saturated heterocycles. The summed E-state index contributed by atoms with van der Waals surface area (Å²) in [6.45, 7) is 0. The summed E-state index contributed by atoms with van der Waals surface area (Å²) in [6.07, 6.45) is 3.43. The molecule has 3 rings (SSSR count). The lowest BCUT2D eigenvalue weighted by Crippen LogP contribution is -1.78. The second kappa shape index (κ2) is 5.89. The van der Waals surface area contributed by atoms with E-state index in [1.165, 1.54) is 12.1 Å². The van der Waals surface area contributed by atoms with Crippen molar-refractivity contribution in [2.75, 3.05) is 0 Å². The highest BCUT2D eigenvalue weighted by molar-refractivity contribution is 6.33. The Labute approximate surface area is 125 Å². The van der Waals surface area contributed by atoms with Crippen LogP contribution in [0.15, 0.2) is 52.9 Å². The Kier molecular flexibility index (Phi) is 3.79. The quantitative estimate of drug-likeness (QED) is 0.704. The van der Waals surface area contributed by atoms with Gasteiger partial charge in [-0.25, -0.2) is 4.39 Å². The van der Waals surface area contributed by atoms with Crippen LogP contribution >= 0.6 is 11.6 Å². The molecule has 0 saturated carbocycles. The topological polar surface area (TPSA) is 38.9 Å². The molecule has 0 radical (unpaired) electrons. The number of rotatable bonds is 3. The molecule has 0 fully saturated rings. The van der Waals surface area contributed by atoms with E-state index in [1.54, 1.807) is 30.4 Å². The summed E-state index contributed by atoms with van der Waals surface area (Å²) in [4.78, 5) is 0. The Morgan fingerprint density at radius 2 is 1.71 bits per heavy atom. The van der Waals surface area contributed by atoms with Gasteiger partial charge in [-0.05, 0) is 35.9 Å². The first-order valence-electron chi connectivity index (χ1n) is 6.24. The van der Waals surface area contributed by atoms with Crippen molar-refractivity contribution in [2.24, 2.45) is 0 Å². The average molecular weight is 301 g/mol. The molecule has 0 atom stereocenters. The molecular weight excluding hydrogens is 291 g/mol. The minimum Gasteiger partial charge on any atom is -0.417 e. The maximum Gasteiger partial charge on any atom is 0.249 e. The van der Waals surface area contributed by atoms with Crippen LogP contribution in [0.1, 0.15) is 11.5 Å². The lowest BCUT2D eigenvalue weighted by molar-refractivity contribution is 0.558. The van der Waals surface area contributed by atoms with Gasteiger partial charge in [0.05, 0.1) is 10.6 Å². The maximum atomic E-state index is 12.8. The fourth-order valence-electron chi connectivity index (χ4n) is 1.79. The van der Waals surface area contributed by atoms with E-state index >= 15 is 0 Å². The molecule has 0 aliphatic rings. The third-order valence-corrected chi connectivity index (χ3v) is 3.16. The number of hydrogen-bond acceptors (Lipinski definition) is 3. The molecule has 104 valence electrons. The van der Waals surface area contributed by atoms with Crippen LogP contribution in [0.2, 0.25) is 5.02 Å². The lowest BCUT2D eigenvalue weighted by Gasteiger charge is -1.96. The molecule has 5 heteroatoms. The highest BCUT2D eigenvalue weighted by Gasteiger charge is 2.09. The number of aromatic nitrogens is 2. The second-order valence-corrected chi connectivity index (χ2v) is 4.72. The predicted octanol–water partition coefficient (Wildman–Crippen LogP) is 4.70. The van der Waals surface area contributed by atoms with Crippen molar-refractivity contribution in [3.8, 4) is 11.5 Å². The van der Waals surface area contributed by atoms with Crippen LogP contribution in [0.4, 0.5) is 4.39 Å². The fourth-order valence-corrected chi connectivity index (χ4v) is 2.00. The first-order chi connectivity index (χ1) is 10.2. The van der Waals surface area contributed by atoms with Crippen molar-refractivity contribution >= 4 is 23.8 Å². The molecule has 0 aliphatic carbocycles. The van der Waals surface area contributed by atoms with Crippen molar-refractivity contribution in [2.45, 2.75) is 0 Å². The monoisotopic (exact) mass is 300 g/mol. The molecule has 0 spiro atoms. The molecule has 3 aromatic rings. The normalized spacial score (nSPS) is 11.1. The molecule has 0 aliphatic heterocycles. The van der Waals surface area contributed by atoms with Crippen LogP contribution < -0.4 is 0 Å². The first kappa shape index (κ1) is 13.5. The third kappa shape index (κ3) is 3.17. The van der Waals surface area contributed by atoms with Crippen molar-refractivity contribution < 1.29 is 8.81 Å². The van der Waals surface area contributed by atoms with Gasteiger partial charge >= 0.3 is 0 Å². The van der Waals surface area contributed by atoms with Gasteiger partial charge in [-0.15, -0.1) is 10.2 Å². The Bertz CT molecular complexity index is 781. The Morgan fingerprint density at radius 3 is 2.48 bits per heavy atom. The van der Waals surface area contributed by atoms with E-state index in [0.717, 1.165) is 5.56 Å². The minimum absolute atomic E-state index is 0.272. The van der Waals surface area contributed by atoms with Gasteiger partial charge in [0, 0.05) is 6.08 Å². The first-order valence-corrected chi connectivity index (χ1v) is 6.62. The molecule has 0 bridgehead atoms. The van der Waals surface area contributed by atoms with E-state index < -0.39 is 0 Å². The van der Waals surface area contributed by atoms with Gasteiger partial charge in [0.1, 0.15) is 5.82 Å². The molecule has 1 heterocycles. The smallest absolute Gasteiger partial charge is 0.249 e. The Balaban J connectivity index is 1.82. The number of halogens is 2. The molecule has 0 unspecified atom stereocenters. The van der Waals surface area contributed by atoms with Crippen LogP contribution in [-0.2, 0) is 0 Å². The summed E-state index contributed by atoms with van der Waals surface area (Å²) in [5.41, 5.74) is 1.53. The molecule has 0 N–H and O–H groups in total. The standard InChI is InChI=1S/C16H10ClFN2O/c17-14-4-2-1-3-13(14)16-20-19-15(21-16)10-7-11-5-8-12(18)9-6-11/h1-10H. The van der Waals surface area contributed by atoms with Gasteiger partial charge in [0.25, 0.3) is 0 Å². The third-order valence-electron chi connectivity index (χ3n) is 2.83. The molecule has 1 aromatic heterocycles. The lowest BCUT2D eigenvalue weighted by atomic mass is 10.2. The fraction of sp³-hybridized carbons (Fsp3) is 0. The van der Waals surface area contributed by atoms with Crippen molar-refractivity contribution in [3.63, 3.8) is 0 Å². The van der Waals surface area contributed by atoms with Crippen LogP contribution in [0.25, 0.3) is 23.6 Å². The highest BCUT2D eigenvalue weighted by atomic mass is 35.5. The van der Waals surface area contributed by atoms with E-state index in [9.17, 15) is 4.39 Å². The summed E-state index contributed by atoms with van der Waals surface area (Å²) < 4.78 is 18.3. The summed E-state index contributed by atoms with van der Waals surface area (Å²) in [5.74, 6) is 0.444. The highest BCUT2D eigenvalue weighted by Crippen LogP contribution is 2.26. The predicted molar refractivity (Wildman–Crippen MR) is 80.1 cm³/mol. The van der Waals surface area contributed by atoms with E-state index in [0.29, 0.717) is 22.4 Å². The zero-order chi connectivity index (χ0) is 14.7. The number of benzene rings is 2. The van der Waals surface area contributed by atoms with Crippen LogP contribution in [0.3, 0.4) is 0 Å². The van der Waals surface area contributed by atoms with E-state index in [1.807, 2.05) is 18.2 Å². The van der Waals surface area contributed by atoms with Crippen molar-refractivity contribution in [1.82, 2.24) is 10.2 Å². The number of hydrogen-bond donors (Lipinski definition) is 0. The average Bonchev–Trinajstić information content (AvgIpc) is 2.96. The zero-order valence-corrected chi connectivity index (χ0v) is 11.6. The van der Waals surface area contributed by atoms with Gasteiger partial charge < -0.3 is 4.42 Å². The summed E-state index contributed by atoms with van der Waals surface area (Å²) >= 11 is 6.07. The van der Waals surface area contributed by atoms with Crippen molar-refractivity contribution in [3.05, 3.63) is 70.8 Å². The largest absolute Gasteiger partial charge is 0.417 e. The molecular formula is C16H10ClFN2O. The molecule has 2 aromatic carbocycles. The van der Waals surface area contributed by atoms with E-state index in [4.69, 9.17) is 16.0 Å². The van der Waals surface area contributed by atoms with Gasteiger partial charge in [0.15, 0.2) is 0 Å². The maximum absolute atomic E-state index is 12.8. The van der Waals surface area contributed by atoms with Gasteiger partial charge in [-0.1, -0.05) is 35.9 Å². The number of nitrogens with zero attached hydrogens (tertiary/aromatic N) is 2. The molecule has 21 heavy (non-hydrogen) atoms. The zero-order valence-electron chi connectivity index (χ0n) is 10.8. The van der Waals surface area contributed by atoms with Gasteiger partial charge in [0.2, 0.25) is 11.8 Å². The molecule has 0 amide bonds. The Hall–Kier alpha value is -2.46. The van der Waals surface area contributed by atoms with Crippen LogP contribution in [0.5, 0.6) is 0 Å². The van der Waals surface area contributed by atoms with E-state index in [-0.39, 0.29) is 5.82 Å². The van der Waals surface area contributed by atoms with Gasteiger partial charge in [-0.2, -0.15) is 0 Å². The van der Waals surface area contributed by atoms with Crippen LogP contribution in [0, 0.1) is 5.82 Å². The minimum atomic E-state index is -0.272. The summed E-state index contributed by atoms with van der Waals surface area (Å²) in [5, 5.41) is 8.44. The SMILES string of the molecule is Fc1ccc(C=Cc2nnc(-c3ccccc3Cl)o2)cc1. The second-order valence-electron chi connectivity index (χ2n) is 4.31. The molecule has 3 nitrogen and oxygen atoms in total. The van der Waals surface area contributed by atoms with Crippen LogP contribution in [-0.4, -0.2) is 10.2 Å².